The SMILES string of the molecule is [2H]C(=C(\[2H])c1cc([2H])c([2H])cc1[2H])/C([2H])=C/N(c1c([B]C2=CCC(CC)C=C2)sc2cc3c(cc12)C(C)(C)CCC3(C)C)C1C=C(NC(/C=C\CC(C)(C)C)=C/CC(C)(C)C)C=CC1. The molecule has 1 radical (unpaired) electrons. The molecule has 0 bridgehead atoms. The van der Waals surface area contributed by atoms with Gasteiger partial charge < -0.3 is 10.2 Å². The van der Waals surface area contributed by atoms with Gasteiger partial charge in [-0.3, -0.25) is 0 Å². The van der Waals surface area contributed by atoms with Gasteiger partial charge in [0.1, 0.15) is 0 Å². The van der Waals surface area contributed by atoms with Crippen LogP contribution in [0.4, 0.5) is 5.69 Å². The zero-order chi connectivity index (χ0) is 46.9. The fourth-order valence-electron chi connectivity index (χ4n) is 7.91. The third-order valence-corrected chi connectivity index (χ3v) is 12.8. The molecule has 0 spiro atoms. The van der Waals surface area contributed by atoms with Crippen LogP contribution in [-0.4, -0.2) is 13.3 Å². The summed E-state index contributed by atoms with van der Waals surface area (Å²) in [7, 11) is 2.29. The molecule has 3 aliphatic carbocycles. The second-order valence-corrected chi connectivity index (χ2v) is 21.3. The highest BCUT2D eigenvalue weighted by molar-refractivity contribution is 7.28. The Labute approximate surface area is 366 Å². The summed E-state index contributed by atoms with van der Waals surface area (Å²) in [6, 6.07) is 5.88. The van der Waals surface area contributed by atoms with Gasteiger partial charge in [0.05, 0.1) is 20.0 Å². The Hall–Kier alpha value is -4.02. The molecule has 0 saturated heterocycles. The first kappa shape index (κ1) is 35.9. The fraction of sp³-hybridized carbons (Fsp3) is 0.444. The third kappa shape index (κ3) is 11.4. The van der Waals surface area contributed by atoms with E-state index >= 15 is 0 Å². The predicted octanol–water partition coefficient (Wildman–Crippen LogP) is 14.6. The molecule has 2 aromatic carbocycles. The normalized spacial score (nSPS) is 22.8. The average molecular weight is 796 g/mol. The molecule has 3 aliphatic rings. The van der Waals surface area contributed by atoms with Crippen molar-refractivity contribution in [3.63, 3.8) is 0 Å². The van der Waals surface area contributed by atoms with E-state index in [2.05, 4.69) is 160 Å². The number of allylic oxidation sites excluding steroid dienone is 10. The van der Waals surface area contributed by atoms with E-state index in [1.54, 1.807) is 17.5 Å². The van der Waals surface area contributed by atoms with Gasteiger partial charge in [0.2, 0.25) is 7.28 Å². The van der Waals surface area contributed by atoms with Crippen molar-refractivity contribution in [2.75, 3.05) is 4.90 Å². The number of anilines is 1. The van der Waals surface area contributed by atoms with E-state index < -0.39 is 0 Å². The summed E-state index contributed by atoms with van der Waals surface area (Å²) in [5, 5.41) is 4.87. The van der Waals surface area contributed by atoms with Crippen molar-refractivity contribution in [1.82, 2.24) is 5.32 Å². The predicted molar refractivity (Wildman–Crippen MR) is 259 cm³/mol. The van der Waals surface area contributed by atoms with Crippen molar-refractivity contribution in [2.24, 2.45) is 16.7 Å². The minimum atomic E-state index is -0.352. The molecule has 1 N–H and O–H groups in total. The number of nitrogens with one attached hydrogen (secondary N) is 1. The Morgan fingerprint density at radius 2 is 1.72 bits per heavy atom. The van der Waals surface area contributed by atoms with Gasteiger partial charge in [0.15, 0.2) is 0 Å². The summed E-state index contributed by atoms with van der Waals surface area (Å²) in [5.41, 5.74) is 7.13. The molecule has 3 aromatic rings. The van der Waals surface area contributed by atoms with Crippen molar-refractivity contribution in [2.45, 2.75) is 138 Å². The molecule has 0 fully saturated rings. The van der Waals surface area contributed by atoms with Crippen molar-refractivity contribution >= 4 is 45.2 Å². The molecule has 2 nitrogen and oxygen atoms in total. The lowest BCUT2D eigenvalue weighted by Gasteiger charge is -2.42. The summed E-state index contributed by atoms with van der Waals surface area (Å²) >= 11 is 1.77. The molecule has 0 aliphatic heterocycles. The Morgan fingerprint density at radius 1 is 0.983 bits per heavy atom. The molecule has 58 heavy (non-hydrogen) atoms. The van der Waals surface area contributed by atoms with Gasteiger partial charge in [-0.05, 0) is 130 Å². The topological polar surface area (TPSA) is 15.3 Å². The summed E-state index contributed by atoms with van der Waals surface area (Å²) < 4.78 is 54.8. The lowest BCUT2D eigenvalue weighted by Crippen LogP contribution is -2.35. The van der Waals surface area contributed by atoms with Crippen LogP contribution in [-0.2, 0) is 10.8 Å². The Morgan fingerprint density at radius 3 is 2.41 bits per heavy atom. The first-order valence-electron chi connectivity index (χ1n) is 24.5. The molecule has 0 saturated carbocycles. The zero-order valence-corrected chi connectivity index (χ0v) is 37.9. The van der Waals surface area contributed by atoms with Crippen molar-refractivity contribution < 1.29 is 8.22 Å². The van der Waals surface area contributed by atoms with Crippen molar-refractivity contribution in [3.8, 4) is 0 Å². The quantitative estimate of drug-likeness (QED) is 0.137. The molecule has 2 atom stereocenters. The monoisotopic (exact) mass is 796 g/mol. The van der Waals surface area contributed by atoms with Crippen molar-refractivity contribution in [3.05, 3.63) is 149 Å². The van der Waals surface area contributed by atoms with Crippen molar-refractivity contribution in [1.29, 1.82) is 0 Å². The molecular formula is C54H70BN2S. The maximum Gasteiger partial charge on any atom is 0.207 e. The van der Waals surface area contributed by atoms with E-state index in [9.17, 15) is 2.74 Å². The van der Waals surface area contributed by atoms with E-state index in [1.165, 1.54) is 28.0 Å². The second kappa shape index (κ2) is 18.1. The first-order valence-corrected chi connectivity index (χ1v) is 22.3. The number of hydrogen-bond donors (Lipinski definition) is 1. The number of nitrogens with zero attached hydrogens (tertiary/aromatic N) is 1. The summed E-state index contributed by atoms with van der Waals surface area (Å²) in [6.07, 6.45) is 28.6. The highest BCUT2D eigenvalue weighted by atomic mass is 32.1. The van der Waals surface area contributed by atoms with Crippen LogP contribution in [0.1, 0.15) is 146 Å². The lowest BCUT2D eigenvalue weighted by atomic mass is 9.62. The first-order chi connectivity index (χ1) is 29.9. The molecule has 2 unspecified atom stereocenters. The number of thiophene rings is 1. The minimum Gasteiger partial charge on any atom is -0.356 e. The highest BCUT2D eigenvalue weighted by Gasteiger charge is 2.38. The van der Waals surface area contributed by atoms with E-state index in [0.717, 1.165) is 71.2 Å². The maximum atomic E-state index is 9.53. The lowest BCUT2D eigenvalue weighted by molar-refractivity contribution is 0.332. The minimum absolute atomic E-state index is 0.0189. The Kier molecular flexibility index (Phi) is 11.2. The number of hydrogen-bond acceptors (Lipinski definition) is 3. The smallest absolute Gasteiger partial charge is 0.207 e. The average Bonchev–Trinajstić information content (AvgIpc) is 3.57. The number of rotatable bonds is 13. The Balaban J connectivity index is 1.57. The van der Waals surface area contributed by atoms with Crippen LogP contribution >= 0.6 is 11.3 Å². The van der Waals surface area contributed by atoms with Gasteiger partial charge >= 0.3 is 0 Å². The summed E-state index contributed by atoms with van der Waals surface area (Å²) in [6.45, 7) is 25.1. The Bertz CT molecular complexity index is 2500. The highest BCUT2D eigenvalue weighted by Crippen LogP contribution is 2.49. The maximum absolute atomic E-state index is 9.53. The van der Waals surface area contributed by atoms with Crippen LogP contribution in [0.15, 0.2) is 132 Å². The van der Waals surface area contributed by atoms with Crippen LogP contribution in [0.3, 0.4) is 0 Å². The van der Waals surface area contributed by atoms with Gasteiger partial charge in [-0.25, -0.2) is 0 Å². The summed E-state index contributed by atoms with van der Waals surface area (Å²) in [4.78, 5) is 2.16. The molecule has 6 rings (SSSR count). The van der Waals surface area contributed by atoms with Crippen LogP contribution in [0.5, 0.6) is 0 Å². The summed E-state index contributed by atoms with van der Waals surface area (Å²) in [5.74, 6) is 0.519. The van der Waals surface area contributed by atoms with Crippen LogP contribution in [0, 0.1) is 16.7 Å². The van der Waals surface area contributed by atoms with Crippen LogP contribution < -0.4 is 15.0 Å². The zero-order valence-electron chi connectivity index (χ0n) is 43.1. The molecule has 1 heterocycles. The molecular weight excluding hydrogens is 719 g/mol. The van der Waals surface area contributed by atoms with E-state index in [4.69, 9.17) is 5.48 Å². The molecule has 1 aromatic heterocycles. The van der Waals surface area contributed by atoms with Gasteiger partial charge in [-0.2, -0.15) is 0 Å². The van der Waals surface area contributed by atoms with E-state index in [1.807, 2.05) is 0 Å². The molecule has 305 valence electrons. The largest absolute Gasteiger partial charge is 0.356 e. The van der Waals surface area contributed by atoms with Gasteiger partial charge in [0.25, 0.3) is 0 Å². The fourth-order valence-corrected chi connectivity index (χ4v) is 9.10. The molecule has 4 heteroatoms. The number of benzene rings is 2. The van der Waals surface area contributed by atoms with E-state index in [0.29, 0.717) is 12.3 Å². The number of fused-ring (bicyclic) bond motifs is 2. The third-order valence-electron chi connectivity index (χ3n) is 11.7. The second-order valence-electron chi connectivity index (χ2n) is 20.2. The van der Waals surface area contributed by atoms with Gasteiger partial charge in [-0.1, -0.05) is 160 Å². The van der Waals surface area contributed by atoms with Gasteiger partial charge in [-0.15, -0.1) is 11.3 Å². The van der Waals surface area contributed by atoms with E-state index in [-0.39, 0.29) is 69.5 Å². The van der Waals surface area contributed by atoms with Gasteiger partial charge in [0, 0.05) is 27.7 Å². The standard InChI is InChI=1S/C54H70BN2S/c1-12-39-26-28-41(29-27-39)55-50-49(45-37-46-47(38-48(45)58-50)54(10,11)34-33-53(46,8)9)57(35-17-16-22-40-20-14-13-15-21-40)44-25-18-23-43(36-44)56-42(30-32-52(5,6)7)24-19-31-51(2,3)4/h13-24,26,28-30,35-39,44,56H,12,25,27,31-34H2,1-11H3/b22-16-,24-19-,35-17+,42-30+/i13D,14D,16D,17D,21D,22D. The van der Waals surface area contributed by atoms with Crippen LogP contribution in [0.2, 0.25) is 0 Å². The van der Waals surface area contributed by atoms with Crippen LogP contribution in [0.25, 0.3) is 16.1 Å². The molecule has 0 amide bonds.